The number of aromatic nitrogens is 2. The molecule has 1 amide bonds. The highest BCUT2D eigenvalue weighted by Gasteiger charge is 2.32. The Hall–Kier alpha value is -2.11. The van der Waals surface area contributed by atoms with Crippen molar-refractivity contribution in [3.63, 3.8) is 0 Å². The molecule has 0 spiro atoms. The van der Waals surface area contributed by atoms with E-state index in [4.69, 9.17) is 5.11 Å². The van der Waals surface area contributed by atoms with Gasteiger partial charge in [-0.3, -0.25) is 4.79 Å². The molecule has 1 aromatic rings. The molecule has 0 unspecified atom stereocenters. The summed E-state index contributed by atoms with van der Waals surface area (Å²) < 4.78 is 1.85. The standard InChI is InChI=1S/C12H15N3O3/c1-14-7-6-13-10(14)8-15(9-2-3-9)11(16)4-5-12(17)18/h4-7,9H,2-3,8H2,1H3,(H,17,18)/b5-4+. The van der Waals surface area contributed by atoms with Crippen molar-refractivity contribution in [3.05, 3.63) is 30.4 Å². The van der Waals surface area contributed by atoms with Gasteiger partial charge in [0.1, 0.15) is 5.82 Å². The van der Waals surface area contributed by atoms with Crippen LogP contribution in [0.1, 0.15) is 18.7 Å². The van der Waals surface area contributed by atoms with Gasteiger partial charge in [0, 0.05) is 37.6 Å². The van der Waals surface area contributed by atoms with Crippen LogP contribution in [0.15, 0.2) is 24.5 Å². The average molecular weight is 249 g/mol. The van der Waals surface area contributed by atoms with Crippen molar-refractivity contribution in [2.45, 2.75) is 25.4 Å². The van der Waals surface area contributed by atoms with Gasteiger partial charge < -0.3 is 14.6 Å². The van der Waals surface area contributed by atoms with Crippen LogP contribution in [0.3, 0.4) is 0 Å². The van der Waals surface area contributed by atoms with Crippen LogP contribution in [0.25, 0.3) is 0 Å². The first-order valence-corrected chi connectivity index (χ1v) is 5.75. The Balaban J connectivity index is 2.07. The Kier molecular flexibility index (Phi) is 3.45. The first-order chi connectivity index (χ1) is 8.58. The number of nitrogens with zero attached hydrogens (tertiary/aromatic N) is 3. The van der Waals surface area contributed by atoms with E-state index < -0.39 is 5.97 Å². The molecule has 0 radical (unpaired) electrons. The molecule has 1 aliphatic carbocycles. The van der Waals surface area contributed by atoms with Crippen molar-refractivity contribution in [3.8, 4) is 0 Å². The summed E-state index contributed by atoms with van der Waals surface area (Å²) in [7, 11) is 1.87. The molecule has 0 saturated heterocycles. The number of rotatable bonds is 5. The number of hydrogen-bond acceptors (Lipinski definition) is 3. The molecule has 1 aromatic heterocycles. The summed E-state index contributed by atoms with van der Waals surface area (Å²) in [6.45, 7) is 0.414. The second kappa shape index (κ2) is 5.03. The van der Waals surface area contributed by atoms with Gasteiger partial charge in [-0.2, -0.15) is 0 Å². The number of carboxylic acid groups (broad SMARTS) is 1. The molecule has 1 fully saturated rings. The maximum absolute atomic E-state index is 11.9. The molecule has 0 atom stereocenters. The number of carboxylic acids is 1. The zero-order valence-corrected chi connectivity index (χ0v) is 10.1. The topological polar surface area (TPSA) is 75.4 Å². The Morgan fingerprint density at radius 2 is 2.28 bits per heavy atom. The van der Waals surface area contributed by atoms with Gasteiger partial charge in [0.15, 0.2) is 0 Å². The van der Waals surface area contributed by atoms with Gasteiger partial charge in [-0.15, -0.1) is 0 Å². The minimum Gasteiger partial charge on any atom is -0.478 e. The fraction of sp³-hybridized carbons (Fsp3) is 0.417. The second-order valence-electron chi connectivity index (χ2n) is 4.32. The van der Waals surface area contributed by atoms with E-state index in [1.54, 1.807) is 11.1 Å². The van der Waals surface area contributed by atoms with Crippen molar-refractivity contribution >= 4 is 11.9 Å². The molecule has 1 heterocycles. The quantitative estimate of drug-likeness (QED) is 0.773. The van der Waals surface area contributed by atoms with Gasteiger partial charge in [0.2, 0.25) is 5.91 Å². The van der Waals surface area contributed by atoms with E-state index in [0.29, 0.717) is 6.54 Å². The molecule has 1 aliphatic rings. The SMILES string of the molecule is Cn1ccnc1CN(C(=O)/C=C/C(=O)O)C1CC1. The smallest absolute Gasteiger partial charge is 0.328 e. The van der Waals surface area contributed by atoms with Crippen LogP contribution < -0.4 is 0 Å². The van der Waals surface area contributed by atoms with Gasteiger partial charge in [-0.1, -0.05) is 0 Å². The fourth-order valence-corrected chi connectivity index (χ4v) is 1.71. The third kappa shape index (κ3) is 2.97. The van der Waals surface area contributed by atoms with Crippen LogP contribution in [0, 0.1) is 0 Å². The molecule has 18 heavy (non-hydrogen) atoms. The van der Waals surface area contributed by atoms with Crippen LogP contribution in [-0.2, 0) is 23.2 Å². The molecular weight excluding hydrogens is 234 g/mol. The molecule has 0 aromatic carbocycles. The Labute approximate surface area is 105 Å². The van der Waals surface area contributed by atoms with E-state index in [9.17, 15) is 9.59 Å². The van der Waals surface area contributed by atoms with Crippen LogP contribution in [0.2, 0.25) is 0 Å². The number of carbonyl (C=O) groups is 2. The molecule has 6 nitrogen and oxygen atoms in total. The number of hydrogen-bond donors (Lipinski definition) is 1. The van der Waals surface area contributed by atoms with Gasteiger partial charge in [-0.25, -0.2) is 9.78 Å². The number of aliphatic carboxylic acids is 1. The fourth-order valence-electron chi connectivity index (χ4n) is 1.71. The predicted molar refractivity (Wildman–Crippen MR) is 63.6 cm³/mol. The van der Waals surface area contributed by atoms with E-state index in [1.165, 1.54) is 0 Å². The normalized spacial score (nSPS) is 14.9. The third-order valence-electron chi connectivity index (χ3n) is 2.87. The molecular formula is C12H15N3O3. The second-order valence-corrected chi connectivity index (χ2v) is 4.32. The van der Waals surface area contributed by atoms with E-state index in [0.717, 1.165) is 30.8 Å². The maximum atomic E-state index is 11.9. The van der Waals surface area contributed by atoms with Gasteiger partial charge in [0.05, 0.1) is 6.54 Å². The lowest BCUT2D eigenvalue weighted by Crippen LogP contribution is -2.32. The molecule has 2 rings (SSSR count). The molecule has 1 N–H and O–H groups in total. The number of carbonyl (C=O) groups excluding carboxylic acids is 1. The average Bonchev–Trinajstić information content (AvgIpc) is 3.08. The van der Waals surface area contributed by atoms with E-state index in [1.807, 2.05) is 17.8 Å². The van der Waals surface area contributed by atoms with Gasteiger partial charge >= 0.3 is 5.97 Å². The highest BCUT2D eigenvalue weighted by atomic mass is 16.4. The molecule has 96 valence electrons. The Morgan fingerprint density at radius 1 is 1.56 bits per heavy atom. The van der Waals surface area contributed by atoms with Gasteiger partial charge in [-0.05, 0) is 12.8 Å². The lowest BCUT2D eigenvalue weighted by atomic mass is 10.3. The van der Waals surface area contributed by atoms with Crippen molar-refractivity contribution < 1.29 is 14.7 Å². The predicted octanol–water partition coefficient (Wildman–Crippen LogP) is 0.552. The Bertz CT molecular complexity index is 489. The molecule has 0 aliphatic heterocycles. The van der Waals surface area contributed by atoms with Crippen LogP contribution in [0.4, 0.5) is 0 Å². The summed E-state index contributed by atoms with van der Waals surface area (Å²) in [5.74, 6) is -0.599. The van der Waals surface area contributed by atoms with E-state index >= 15 is 0 Å². The molecule has 0 bridgehead atoms. The lowest BCUT2D eigenvalue weighted by Gasteiger charge is -2.20. The van der Waals surface area contributed by atoms with Crippen molar-refractivity contribution in [2.24, 2.45) is 7.05 Å². The summed E-state index contributed by atoms with van der Waals surface area (Å²) in [5, 5.41) is 8.53. The zero-order chi connectivity index (χ0) is 13.1. The monoisotopic (exact) mass is 249 g/mol. The van der Waals surface area contributed by atoms with E-state index in [-0.39, 0.29) is 11.9 Å². The maximum Gasteiger partial charge on any atom is 0.328 e. The van der Waals surface area contributed by atoms with Crippen molar-refractivity contribution in [1.82, 2.24) is 14.5 Å². The van der Waals surface area contributed by atoms with Crippen molar-refractivity contribution in [1.29, 1.82) is 0 Å². The van der Waals surface area contributed by atoms with E-state index in [2.05, 4.69) is 4.98 Å². The minimum atomic E-state index is -1.11. The van der Waals surface area contributed by atoms with Crippen LogP contribution in [-0.4, -0.2) is 37.5 Å². The van der Waals surface area contributed by atoms with Gasteiger partial charge in [0.25, 0.3) is 0 Å². The number of aryl methyl sites for hydroxylation is 1. The largest absolute Gasteiger partial charge is 0.478 e. The summed E-state index contributed by atoms with van der Waals surface area (Å²) in [6, 6.07) is 0.215. The van der Waals surface area contributed by atoms with Crippen LogP contribution >= 0.6 is 0 Å². The summed E-state index contributed by atoms with van der Waals surface area (Å²) in [5.41, 5.74) is 0. The number of imidazole rings is 1. The summed E-state index contributed by atoms with van der Waals surface area (Å²) in [6.07, 6.45) is 7.41. The highest BCUT2D eigenvalue weighted by molar-refractivity contribution is 5.94. The zero-order valence-electron chi connectivity index (χ0n) is 10.1. The first-order valence-electron chi connectivity index (χ1n) is 5.75. The lowest BCUT2D eigenvalue weighted by molar-refractivity contribution is -0.132. The highest BCUT2D eigenvalue weighted by Crippen LogP contribution is 2.28. The summed E-state index contributed by atoms with van der Waals surface area (Å²) in [4.78, 5) is 28.2. The minimum absolute atomic E-state index is 0.215. The summed E-state index contributed by atoms with van der Waals surface area (Å²) >= 11 is 0. The third-order valence-corrected chi connectivity index (χ3v) is 2.87. The van der Waals surface area contributed by atoms with Crippen molar-refractivity contribution in [2.75, 3.05) is 0 Å². The Morgan fingerprint density at radius 3 is 2.78 bits per heavy atom. The first kappa shape index (κ1) is 12.3. The number of amides is 1. The molecule has 6 heteroatoms. The van der Waals surface area contributed by atoms with Crippen LogP contribution in [0.5, 0.6) is 0 Å². The molecule has 1 saturated carbocycles.